The third-order valence-electron chi connectivity index (χ3n) is 2.65. The second-order valence-electron chi connectivity index (χ2n) is 4.24. The molecule has 0 aliphatic rings. The normalized spacial score (nSPS) is 11.3. The largest absolute Gasteiger partial charge is 0.465 e. The Morgan fingerprint density at radius 2 is 1.95 bits per heavy atom. The molecular formula is C12H14N4O4S. The summed E-state index contributed by atoms with van der Waals surface area (Å²) in [6, 6.07) is 6.28. The molecule has 0 saturated heterocycles. The van der Waals surface area contributed by atoms with Crippen LogP contribution in [0.3, 0.4) is 0 Å². The van der Waals surface area contributed by atoms with Gasteiger partial charge in [0, 0.05) is 0 Å². The van der Waals surface area contributed by atoms with Crippen LogP contribution in [0.4, 0.5) is 0 Å². The van der Waals surface area contributed by atoms with Gasteiger partial charge in [-0.25, -0.2) is 13.1 Å². The van der Waals surface area contributed by atoms with Gasteiger partial charge in [0.25, 0.3) is 5.16 Å². The second kappa shape index (κ2) is 6.00. The summed E-state index contributed by atoms with van der Waals surface area (Å²) in [5.74, 6) is -0.606. The first-order valence-electron chi connectivity index (χ1n) is 6.18. The number of sulfone groups is 1. The molecular weight excluding hydrogens is 296 g/mol. The van der Waals surface area contributed by atoms with Crippen molar-refractivity contribution in [3.8, 4) is 0 Å². The van der Waals surface area contributed by atoms with Gasteiger partial charge in [-0.2, -0.15) is 0 Å². The highest BCUT2D eigenvalue weighted by molar-refractivity contribution is 7.91. The van der Waals surface area contributed by atoms with E-state index in [0.29, 0.717) is 0 Å². The lowest BCUT2D eigenvalue weighted by Gasteiger charge is -2.06. The minimum Gasteiger partial charge on any atom is -0.465 e. The Hall–Kier alpha value is -2.29. The molecule has 8 nitrogen and oxygen atoms in total. The minimum atomic E-state index is -3.88. The summed E-state index contributed by atoms with van der Waals surface area (Å²) in [6.07, 6.45) is 0. The van der Waals surface area contributed by atoms with Crippen LogP contribution in [0, 0.1) is 6.92 Å². The van der Waals surface area contributed by atoms with Crippen molar-refractivity contribution < 1.29 is 17.9 Å². The smallest absolute Gasteiger partial charge is 0.327 e. The Labute approximate surface area is 121 Å². The summed E-state index contributed by atoms with van der Waals surface area (Å²) in [5, 5.41) is 9.96. The molecule has 1 aromatic carbocycles. The SMILES string of the molecule is CCOC(=O)Cn1nnnc1S(=O)(=O)c1ccc(C)cc1. The van der Waals surface area contributed by atoms with Gasteiger partial charge in [-0.1, -0.05) is 22.8 Å². The maximum Gasteiger partial charge on any atom is 0.327 e. The maximum absolute atomic E-state index is 12.5. The fraction of sp³-hybridized carbons (Fsp3) is 0.333. The van der Waals surface area contributed by atoms with E-state index >= 15 is 0 Å². The van der Waals surface area contributed by atoms with E-state index in [4.69, 9.17) is 4.74 Å². The molecule has 0 N–H and O–H groups in total. The molecule has 0 radical (unpaired) electrons. The number of esters is 1. The second-order valence-corrected chi connectivity index (χ2v) is 6.08. The molecule has 112 valence electrons. The van der Waals surface area contributed by atoms with E-state index in [0.717, 1.165) is 10.2 Å². The number of carbonyl (C=O) groups is 1. The van der Waals surface area contributed by atoms with E-state index in [9.17, 15) is 13.2 Å². The summed E-state index contributed by atoms with van der Waals surface area (Å²) < 4.78 is 30.6. The zero-order chi connectivity index (χ0) is 15.5. The topological polar surface area (TPSA) is 104 Å². The van der Waals surface area contributed by atoms with Crippen molar-refractivity contribution in [1.29, 1.82) is 0 Å². The molecule has 1 aromatic heterocycles. The van der Waals surface area contributed by atoms with E-state index in [2.05, 4.69) is 15.5 Å². The number of hydrogen-bond donors (Lipinski definition) is 0. The fourth-order valence-electron chi connectivity index (χ4n) is 1.64. The lowest BCUT2D eigenvalue weighted by Crippen LogP contribution is -2.19. The summed E-state index contributed by atoms with van der Waals surface area (Å²) in [4.78, 5) is 11.5. The number of rotatable bonds is 5. The highest BCUT2D eigenvalue weighted by Crippen LogP contribution is 2.18. The van der Waals surface area contributed by atoms with E-state index in [1.807, 2.05) is 6.92 Å². The van der Waals surface area contributed by atoms with Gasteiger partial charge in [0.1, 0.15) is 6.54 Å². The molecule has 21 heavy (non-hydrogen) atoms. The Morgan fingerprint density at radius 1 is 1.29 bits per heavy atom. The van der Waals surface area contributed by atoms with Crippen LogP contribution < -0.4 is 0 Å². The zero-order valence-electron chi connectivity index (χ0n) is 11.6. The van der Waals surface area contributed by atoms with Crippen molar-refractivity contribution >= 4 is 15.8 Å². The molecule has 0 aliphatic carbocycles. The van der Waals surface area contributed by atoms with Crippen molar-refractivity contribution in [3.63, 3.8) is 0 Å². The quantitative estimate of drug-likeness (QED) is 0.735. The number of aryl methyl sites for hydroxylation is 1. The van der Waals surface area contributed by atoms with Crippen molar-refractivity contribution in [1.82, 2.24) is 20.2 Å². The first-order chi connectivity index (χ1) is 9.95. The number of tetrazole rings is 1. The van der Waals surface area contributed by atoms with Gasteiger partial charge in [-0.05, 0) is 36.4 Å². The predicted octanol–water partition coefficient (Wildman–Crippen LogP) is 0.377. The summed E-state index contributed by atoms with van der Waals surface area (Å²) in [6.45, 7) is 3.34. The van der Waals surface area contributed by atoms with Crippen LogP contribution in [-0.2, 0) is 25.9 Å². The predicted molar refractivity (Wildman–Crippen MR) is 71.1 cm³/mol. The standard InChI is InChI=1S/C12H14N4O4S/c1-3-20-11(17)8-16-12(13-14-15-16)21(18,19)10-6-4-9(2)5-7-10/h4-7H,3,8H2,1-2H3. The van der Waals surface area contributed by atoms with Gasteiger partial charge in [0.2, 0.25) is 9.84 Å². The molecule has 0 fully saturated rings. The lowest BCUT2D eigenvalue weighted by atomic mass is 10.2. The van der Waals surface area contributed by atoms with Crippen LogP contribution in [0.2, 0.25) is 0 Å². The first kappa shape index (κ1) is 15.1. The van der Waals surface area contributed by atoms with Gasteiger partial charge in [0.15, 0.2) is 0 Å². The van der Waals surface area contributed by atoms with Crippen LogP contribution in [0.1, 0.15) is 12.5 Å². The summed E-state index contributed by atoms with van der Waals surface area (Å²) in [5.41, 5.74) is 0.931. The van der Waals surface area contributed by atoms with Crippen LogP contribution in [0.15, 0.2) is 34.3 Å². The average Bonchev–Trinajstić information content (AvgIpc) is 2.88. The molecule has 0 bridgehead atoms. The summed E-state index contributed by atoms with van der Waals surface area (Å²) in [7, 11) is -3.88. The Bertz CT molecular complexity index is 737. The third kappa shape index (κ3) is 3.24. The molecule has 0 saturated carbocycles. The van der Waals surface area contributed by atoms with Crippen molar-refractivity contribution in [2.45, 2.75) is 30.4 Å². The zero-order valence-corrected chi connectivity index (χ0v) is 12.4. The Kier molecular flexibility index (Phi) is 4.32. The van der Waals surface area contributed by atoms with Gasteiger partial charge < -0.3 is 4.74 Å². The number of benzene rings is 1. The third-order valence-corrected chi connectivity index (χ3v) is 4.32. The highest BCUT2D eigenvalue weighted by atomic mass is 32.2. The first-order valence-corrected chi connectivity index (χ1v) is 7.67. The molecule has 0 spiro atoms. The van der Waals surface area contributed by atoms with E-state index in [1.165, 1.54) is 12.1 Å². The van der Waals surface area contributed by atoms with Crippen LogP contribution >= 0.6 is 0 Å². The van der Waals surface area contributed by atoms with Gasteiger partial charge in [-0.15, -0.1) is 0 Å². The van der Waals surface area contributed by atoms with Crippen molar-refractivity contribution in [2.75, 3.05) is 6.61 Å². The minimum absolute atomic E-state index is 0.0630. The fourth-order valence-corrected chi connectivity index (χ4v) is 2.87. The lowest BCUT2D eigenvalue weighted by molar-refractivity contribution is -0.144. The monoisotopic (exact) mass is 310 g/mol. The number of ether oxygens (including phenoxy) is 1. The van der Waals surface area contributed by atoms with Gasteiger partial charge in [-0.3, -0.25) is 4.79 Å². The maximum atomic E-state index is 12.5. The molecule has 9 heteroatoms. The van der Waals surface area contributed by atoms with Crippen molar-refractivity contribution in [2.24, 2.45) is 0 Å². The van der Waals surface area contributed by atoms with Crippen LogP contribution in [-0.4, -0.2) is 41.2 Å². The number of hydrogen-bond acceptors (Lipinski definition) is 7. The van der Waals surface area contributed by atoms with Gasteiger partial charge in [0.05, 0.1) is 11.5 Å². The molecule has 0 amide bonds. The molecule has 2 rings (SSSR count). The molecule has 1 heterocycles. The van der Waals surface area contributed by atoms with E-state index in [1.54, 1.807) is 19.1 Å². The van der Waals surface area contributed by atoms with E-state index in [-0.39, 0.29) is 23.2 Å². The van der Waals surface area contributed by atoms with E-state index < -0.39 is 15.8 Å². The number of nitrogens with zero attached hydrogens (tertiary/aromatic N) is 4. The molecule has 2 aromatic rings. The molecule has 0 atom stereocenters. The number of aromatic nitrogens is 4. The highest BCUT2D eigenvalue weighted by Gasteiger charge is 2.26. The Balaban J connectivity index is 2.35. The average molecular weight is 310 g/mol. The van der Waals surface area contributed by atoms with Crippen molar-refractivity contribution in [3.05, 3.63) is 29.8 Å². The Morgan fingerprint density at radius 3 is 2.57 bits per heavy atom. The summed E-state index contributed by atoms with van der Waals surface area (Å²) >= 11 is 0. The van der Waals surface area contributed by atoms with Crippen LogP contribution in [0.5, 0.6) is 0 Å². The van der Waals surface area contributed by atoms with Gasteiger partial charge >= 0.3 is 5.97 Å². The van der Waals surface area contributed by atoms with Crippen LogP contribution in [0.25, 0.3) is 0 Å². The molecule has 0 aliphatic heterocycles. The number of carbonyl (C=O) groups excluding carboxylic acids is 1. The molecule has 0 unspecified atom stereocenters.